The van der Waals surface area contributed by atoms with Crippen molar-refractivity contribution in [3.8, 4) is 0 Å². The lowest BCUT2D eigenvalue weighted by molar-refractivity contribution is -0.139. The van der Waals surface area contributed by atoms with Crippen molar-refractivity contribution < 1.29 is 14.4 Å². The molecule has 0 aromatic carbocycles. The molecule has 0 spiro atoms. The zero-order chi connectivity index (χ0) is 12.7. The normalized spacial score (nSPS) is 32.2. The summed E-state index contributed by atoms with van der Waals surface area (Å²) in [6, 6.07) is -0.144. The van der Waals surface area contributed by atoms with E-state index in [4.69, 9.17) is 0 Å². The standard InChI is InChI=1S/C12H17N3O3/c16-10-4-1-7(14-10)6-13-9-5-11(17)15(12(9)18)8-2-3-8/h7-9,13H,1-6H2,(H,14,16). The first kappa shape index (κ1) is 11.6. The molecule has 0 aromatic heterocycles. The predicted molar refractivity (Wildman–Crippen MR) is 62.4 cm³/mol. The summed E-state index contributed by atoms with van der Waals surface area (Å²) in [7, 11) is 0. The maximum atomic E-state index is 12.0. The van der Waals surface area contributed by atoms with Crippen molar-refractivity contribution in [2.75, 3.05) is 6.54 Å². The molecular formula is C12H17N3O3. The van der Waals surface area contributed by atoms with Crippen LogP contribution in [0, 0.1) is 0 Å². The van der Waals surface area contributed by atoms with Crippen LogP contribution in [0.2, 0.25) is 0 Å². The molecule has 3 rings (SSSR count). The van der Waals surface area contributed by atoms with Gasteiger partial charge in [-0.2, -0.15) is 0 Å². The second-order valence-electron chi connectivity index (χ2n) is 5.30. The molecule has 3 aliphatic rings. The van der Waals surface area contributed by atoms with Gasteiger partial charge in [0.2, 0.25) is 17.7 Å². The van der Waals surface area contributed by atoms with Gasteiger partial charge in [0.1, 0.15) is 0 Å². The second-order valence-corrected chi connectivity index (χ2v) is 5.30. The highest BCUT2D eigenvalue weighted by atomic mass is 16.2. The Hall–Kier alpha value is -1.43. The Kier molecular flexibility index (Phi) is 2.81. The summed E-state index contributed by atoms with van der Waals surface area (Å²) in [6.07, 6.45) is 3.51. The average Bonchev–Trinajstić information content (AvgIpc) is 3.00. The smallest absolute Gasteiger partial charge is 0.247 e. The van der Waals surface area contributed by atoms with Gasteiger partial charge in [0.25, 0.3) is 0 Å². The van der Waals surface area contributed by atoms with Crippen molar-refractivity contribution in [3.05, 3.63) is 0 Å². The first-order valence-corrected chi connectivity index (χ1v) is 6.54. The fourth-order valence-corrected chi connectivity index (χ4v) is 2.64. The summed E-state index contributed by atoms with van der Waals surface area (Å²) in [6.45, 7) is 0.563. The van der Waals surface area contributed by atoms with Gasteiger partial charge >= 0.3 is 0 Å². The minimum absolute atomic E-state index is 0.0598. The quantitative estimate of drug-likeness (QED) is 0.638. The van der Waals surface area contributed by atoms with Gasteiger partial charge in [0.05, 0.1) is 12.5 Å². The summed E-state index contributed by atoms with van der Waals surface area (Å²) in [5.74, 6) is -0.0856. The van der Waals surface area contributed by atoms with Gasteiger partial charge in [-0.3, -0.25) is 19.3 Å². The lowest BCUT2D eigenvalue weighted by Crippen LogP contribution is -2.44. The molecule has 2 heterocycles. The van der Waals surface area contributed by atoms with Crippen molar-refractivity contribution in [3.63, 3.8) is 0 Å². The van der Waals surface area contributed by atoms with E-state index in [-0.39, 0.29) is 36.2 Å². The zero-order valence-corrected chi connectivity index (χ0v) is 10.1. The fraction of sp³-hybridized carbons (Fsp3) is 0.750. The van der Waals surface area contributed by atoms with Gasteiger partial charge < -0.3 is 10.6 Å². The number of hydrogen-bond acceptors (Lipinski definition) is 4. The summed E-state index contributed by atoms with van der Waals surface area (Å²) in [5, 5.41) is 5.95. The van der Waals surface area contributed by atoms with Gasteiger partial charge in [-0.15, -0.1) is 0 Å². The third-order valence-corrected chi connectivity index (χ3v) is 3.79. The van der Waals surface area contributed by atoms with Gasteiger partial charge in [-0.05, 0) is 19.3 Å². The number of carbonyl (C=O) groups excluding carboxylic acids is 3. The molecule has 3 fully saturated rings. The Morgan fingerprint density at radius 1 is 1.22 bits per heavy atom. The molecule has 2 saturated heterocycles. The molecule has 1 saturated carbocycles. The molecule has 18 heavy (non-hydrogen) atoms. The van der Waals surface area contributed by atoms with E-state index in [2.05, 4.69) is 10.6 Å². The summed E-state index contributed by atoms with van der Waals surface area (Å²) in [4.78, 5) is 36.2. The lowest BCUT2D eigenvalue weighted by Gasteiger charge is -2.16. The highest BCUT2D eigenvalue weighted by molar-refractivity contribution is 6.06. The van der Waals surface area contributed by atoms with Crippen LogP contribution in [0.5, 0.6) is 0 Å². The number of likely N-dealkylation sites (tertiary alicyclic amines) is 1. The van der Waals surface area contributed by atoms with Crippen LogP contribution in [-0.2, 0) is 14.4 Å². The summed E-state index contributed by atoms with van der Waals surface area (Å²) < 4.78 is 0. The van der Waals surface area contributed by atoms with E-state index in [0.717, 1.165) is 19.3 Å². The maximum Gasteiger partial charge on any atom is 0.247 e. The third-order valence-electron chi connectivity index (χ3n) is 3.79. The number of imide groups is 1. The molecule has 1 aliphatic carbocycles. The Bertz CT molecular complexity index is 405. The monoisotopic (exact) mass is 251 g/mol. The molecular weight excluding hydrogens is 234 g/mol. The van der Waals surface area contributed by atoms with Gasteiger partial charge in [0, 0.05) is 25.0 Å². The van der Waals surface area contributed by atoms with E-state index in [9.17, 15) is 14.4 Å². The fourth-order valence-electron chi connectivity index (χ4n) is 2.64. The lowest BCUT2D eigenvalue weighted by atomic mass is 10.2. The third kappa shape index (κ3) is 2.12. The van der Waals surface area contributed by atoms with Crippen LogP contribution in [0.25, 0.3) is 0 Å². The number of carbonyl (C=O) groups is 3. The Balaban J connectivity index is 1.52. The molecule has 0 radical (unpaired) electrons. The number of rotatable bonds is 4. The van der Waals surface area contributed by atoms with E-state index in [1.807, 2.05) is 0 Å². The van der Waals surface area contributed by atoms with Gasteiger partial charge in [-0.1, -0.05) is 0 Å². The first-order chi connectivity index (χ1) is 8.65. The minimum Gasteiger partial charge on any atom is -0.352 e. The van der Waals surface area contributed by atoms with Crippen LogP contribution in [-0.4, -0.2) is 47.3 Å². The van der Waals surface area contributed by atoms with Crippen LogP contribution in [0.15, 0.2) is 0 Å². The summed E-state index contributed by atoms with van der Waals surface area (Å²) >= 11 is 0. The van der Waals surface area contributed by atoms with Gasteiger partial charge in [-0.25, -0.2) is 0 Å². The number of hydrogen-bond donors (Lipinski definition) is 2. The van der Waals surface area contributed by atoms with Crippen molar-refractivity contribution in [2.24, 2.45) is 0 Å². The van der Waals surface area contributed by atoms with Crippen LogP contribution in [0.3, 0.4) is 0 Å². The molecule has 2 atom stereocenters. The highest BCUT2D eigenvalue weighted by Crippen LogP contribution is 2.31. The summed E-state index contributed by atoms with van der Waals surface area (Å²) in [5.41, 5.74) is 0. The Morgan fingerprint density at radius 3 is 2.61 bits per heavy atom. The molecule has 6 nitrogen and oxygen atoms in total. The molecule has 98 valence electrons. The van der Waals surface area contributed by atoms with Crippen molar-refractivity contribution in [1.29, 1.82) is 0 Å². The molecule has 0 aromatic rings. The number of amides is 3. The van der Waals surface area contributed by atoms with E-state index < -0.39 is 6.04 Å². The minimum atomic E-state index is -0.393. The average molecular weight is 251 g/mol. The largest absolute Gasteiger partial charge is 0.352 e. The predicted octanol–water partition coefficient (Wildman–Crippen LogP) is -0.855. The SMILES string of the molecule is O=C1CCC(CNC2CC(=O)N(C3CC3)C2=O)N1. The van der Waals surface area contributed by atoms with E-state index in [1.165, 1.54) is 4.90 Å². The van der Waals surface area contributed by atoms with Gasteiger partial charge in [0.15, 0.2) is 0 Å². The van der Waals surface area contributed by atoms with Crippen molar-refractivity contribution in [1.82, 2.24) is 15.5 Å². The molecule has 2 N–H and O–H groups in total. The molecule has 2 aliphatic heterocycles. The highest BCUT2D eigenvalue weighted by Gasteiger charge is 2.45. The van der Waals surface area contributed by atoms with E-state index in [0.29, 0.717) is 13.0 Å². The van der Waals surface area contributed by atoms with Crippen LogP contribution >= 0.6 is 0 Å². The molecule has 3 amide bonds. The van der Waals surface area contributed by atoms with Crippen LogP contribution in [0.1, 0.15) is 32.1 Å². The topological polar surface area (TPSA) is 78.5 Å². The Morgan fingerprint density at radius 2 is 2.00 bits per heavy atom. The van der Waals surface area contributed by atoms with Crippen molar-refractivity contribution >= 4 is 17.7 Å². The number of nitrogens with one attached hydrogen (secondary N) is 2. The van der Waals surface area contributed by atoms with Crippen molar-refractivity contribution in [2.45, 2.75) is 50.2 Å². The molecule has 0 bridgehead atoms. The number of nitrogens with zero attached hydrogens (tertiary/aromatic N) is 1. The van der Waals surface area contributed by atoms with E-state index in [1.54, 1.807) is 0 Å². The van der Waals surface area contributed by atoms with Crippen LogP contribution < -0.4 is 10.6 Å². The molecule has 2 unspecified atom stereocenters. The zero-order valence-electron chi connectivity index (χ0n) is 10.1. The van der Waals surface area contributed by atoms with Crippen LogP contribution in [0.4, 0.5) is 0 Å². The van der Waals surface area contributed by atoms with E-state index >= 15 is 0 Å². The first-order valence-electron chi connectivity index (χ1n) is 6.54. The second kappa shape index (κ2) is 4.35. The molecule has 6 heteroatoms. The maximum absolute atomic E-state index is 12.0. The Labute approximate surface area is 105 Å².